The second kappa shape index (κ2) is 14.4. The molecule has 3 rings (SSSR count). The summed E-state index contributed by atoms with van der Waals surface area (Å²) in [4.78, 5) is 41.4. The molecule has 0 bridgehead atoms. The summed E-state index contributed by atoms with van der Waals surface area (Å²) in [6.07, 6.45) is 13.7. The number of hydrogen-bond donors (Lipinski definition) is 1. The van der Waals surface area contributed by atoms with E-state index >= 15 is 0 Å². The van der Waals surface area contributed by atoms with Gasteiger partial charge in [0.25, 0.3) is 5.56 Å². The highest BCUT2D eigenvalue weighted by Gasteiger charge is 2.14. The van der Waals surface area contributed by atoms with E-state index in [1.807, 2.05) is 6.07 Å². The van der Waals surface area contributed by atoms with Crippen LogP contribution in [-0.2, 0) is 31.9 Å². The van der Waals surface area contributed by atoms with Gasteiger partial charge < -0.3 is 9.88 Å². The molecule has 0 atom stereocenters. The molecular weight excluding hydrogens is 454 g/mol. The summed E-state index contributed by atoms with van der Waals surface area (Å²) in [7, 11) is 3.43. The first kappa shape index (κ1) is 27.4. The zero-order valence-corrected chi connectivity index (χ0v) is 21.9. The lowest BCUT2D eigenvalue weighted by atomic mass is 10.1. The Bertz CT molecular complexity index is 1210. The first-order valence-electron chi connectivity index (χ1n) is 13.4. The molecule has 0 aliphatic heterocycles. The summed E-state index contributed by atoms with van der Waals surface area (Å²) in [6, 6.07) is 10.5. The lowest BCUT2D eigenvalue weighted by molar-refractivity contribution is -0.121. The molecule has 196 valence electrons. The lowest BCUT2D eigenvalue weighted by Crippen LogP contribution is -2.39. The molecule has 0 spiro atoms. The fourth-order valence-corrected chi connectivity index (χ4v) is 4.62. The van der Waals surface area contributed by atoms with Crippen LogP contribution in [0, 0.1) is 0 Å². The van der Waals surface area contributed by atoms with Crippen LogP contribution in [0.2, 0.25) is 0 Å². The van der Waals surface area contributed by atoms with Crippen molar-refractivity contribution in [2.75, 3.05) is 6.54 Å². The predicted molar refractivity (Wildman–Crippen MR) is 144 cm³/mol. The molecule has 8 heteroatoms. The van der Waals surface area contributed by atoms with Crippen molar-refractivity contribution in [3.63, 3.8) is 0 Å². The quantitative estimate of drug-likeness (QED) is 0.303. The molecule has 2 aromatic heterocycles. The number of nitrogens with one attached hydrogen (secondary N) is 1. The Balaban J connectivity index is 1.18. The molecule has 1 amide bonds. The summed E-state index contributed by atoms with van der Waals surface area (Å²) in [5.41, 5.74) is 1.69. The average molecular weight is 496 g/mol. The van der Waals surface area contributed by atoms with E-state index in [1.54, 1.807) is 25.0 Å². The molecule has 0 saturated carbocycles. The van der Waals surface area contributed by atoms with Gasteiger partial charge in [0.1, 0.15) is 0 Å². The maximum Gasteiger partial charge on any atom is 0.332 e. The molecule has 0 aliphatic carbocycles. The predicted octanol–water partition coefficient (Wildman–Crippen LogP) is 4.08. The zero-order valence-electron chi connectivity index (χ0n) is 21.9. The normalized spacial score (nSPS) is 11.3. The SMILES string of the molecule is Cn1cnc2c1c(=O)n(CCCCCCCCCCC(=O)NCCCCc1ccccc1)c(=O)n2C. The Morgan fingerprint density at radius 1 is 0.861 bits per heavy atom. The average Bonchev–Trinajstić information content (AvgIpc) is 3.27. The van der Waals surface area contributed by atoms with E-state index in [2.05, 4.69) is 34.6 Å². The fourth-order valence-electron chi connectivity index (χ4n) is 4.62. The third-order valence-electron chi connectivity index (χ3n) is 6.79. The maximum atomic E-state index is 12.7. The van der Waals surface area contributed by atoms with Gasteiger partial charge in [-0.2, -0.15) is 0 Å². The van der Waals surface area contributed by atoms with Gasteiger partial charge in [0.2, 0.25) is 5.91 Å². The monoisotopic (exact) mass is 495 g/mol. The summed E-state index contributed by atoms with van der Waals surface area (Å²) in [5.74, 6) is 0.167. The van der Waals surface area contributed by atoms with E-state index in [0.717, 1.165) is 77.2 Å². The summed E-state index contributed by atoms with van der Waals surface area (Å²) in [6.45, 7) is 1.20. The van der Waals surface area contributed by atoms with Crippen molar-refractivity contribution < 1.29 is 4.79 Å². The Morgan fingerprint density at radius 3 is 2.25 bits per heavy atom. The second-order valence-electron chi connectivity index (χ2n) is 9.70. The number of hydrogen-bond acceptors (Lipinski definition) is 4. The number of amides is 1. The van der Waals surface area contributed by atoms with Crippen LogP contribution in [0.4, 0.5) is 0 Å². The van der Waals surface area contributed by atoms with Gasteiger partial charge in [-0.1, -0.05) is 68.9 Å². The van der Waals surface area contributed by atoms with Gasteiger partial charge in [0.05, 0.1) is 6.33 Å². The van der Waals surface area contributed by atoms with Crippen LogP contribution in [0.5, 0.6) is 0 Å². The van der Waals surface area contributed by atoms with E-state index in [0.29, 0.717) is 24.1 Å². The molecule has 0 radical (unpaired) electrons. The van der Waals surface area contributed by atoms with Crippen molar-refractivity contribution in [3.05, 3.63) is 63.1 Å². The number of carbonyl (C=O) groups excluding carboxylic acids is 1. The van der Waals surface area contributed by atoms with Gasteiger partial charge in [0, 0.05) is 33.6 Å². The molecule has 2 heterocycles. The molecule has 8 nitrogen and oxygen atoms in total. The minimum atomic E-state index is -0.303. The van der Waals surface area contributed by atoms with Crippen LogP contribution in [-0.4, -0.2) is 31.1 Å². The van der Waals surface area contributed by atoms with Crippen LogP contribution in [0.3, 0.4) is 0 Å². The highest BCUT2D eigenvalue weighted by molar-refractivity contribution is 5.75. The van der Waals surface area contributed by atoms with Crippen molar-refractivity contribution in [1.82, 2.24) is 24.0 Å². The van der Waals surface area contributed by atoms with E-state index in [4.69, 9.17) is 0 Å². The van der Waals surface area contributed by atoms with Crippen LogP contribution in [0.15, 0.2) is 46.2 Å². The topological polar surface area (TPSA) is 90.9 Å². The minimum absolute atomic E-state index is 0.167. The molecule has 0 aliphatic rings. The Hall–Kier alpha value is -3.16. The molecular formula is C28H41N5O3. The number of nitrogens with zero attached hydrogens (tertiary/aromatic N) is 4. The van der Waals surface area contributed by atoms with Gasteiger partial charge >= 0.3 is 5.69 Å². The first-order chi connectivity index (χ1) is 17.5. The van der Waals surface area contributed by atoms with Crippen LogP contribution < -0.4 is 16.6 Å². The highest BCUT2D eigenvalue weighted by atomic mass is 16.2. The van der Waals surface area contributed by atoms with E-state index in [-0.39, 0.29) is 17.2 Å². The van der Waals surface area contributed by atoms with Crippen molar-refractivity contribution in [3.8, 4) is 0 Å². The molecule has 0 unspecified atom stereocenters. The molecule has 3 aromatic rings. The number of aromatic nitrogens is 4. The third kappa shape index (κ3) is 7.93. The standard InChI is InChI=1S/C28H41N5O3/c1-31-22-30-26-25(31)27(35)33(28(36)32(26)2)21-15-8-6-4-3-5-7-12-19-24(34)29-20-14-13-18-23-16-10-9-11-17-23/h9-11,16-17,22H,3-8,12-15,18-21H2,1-2H3,(H,29,34). The summed E-state index contributed by atoms with van der Waals surface area (Å²) >= 11 is 0. The Labute approximate surface area is 213 Å². The van der Waals surface area contributed by atoms with Crippen LogP contribution >= 0.6 is 0 Å². The smallest absolute Gasteiger partial charge is 0.332 e. The van der Waals surface area contributed by atoms with E-state index < -0.39 is 0 Å². The van der Waals surface area contributed by atoms with Crippen molar-refractivity contribution >= 4 is 17.1 Å². The van der Waals surface area contributed by atoms with Crippen molar-refractivity contribution in [2.45, 2.75) is 83.6 Å². The third-order valence-corrected chi connectivity index (χ3v) is 6.79. The van der Waals surface area contributed by atoms with Gasteiger partial charge in [-0.25, -0.2) is 9.78 Å². The Kier molecular flexibility index (Phi) is 11.0. The highest BCUT2D eigenvalue weighted by Crippen LogP contribution is 2.11. The Morgan fingerprint density at radius 2 is 1.53 bits per heavy atom. The molecule has 0 saturated heterocycles. The molecule has 1 aromatic carbocycles. The molecule has 0 fully saturated rings. The van der Waals surface area contributed by atoms with Gasteiger partial charge in [0.15, 0.2) is 11.2 Å². The fraction of sp³-hybridized carbons (Fsp3) is 0.571. The number of unbranched alkanes of at least 4 members (excludes halogenated alkanes) is 8. The van der Waals surface area contributed by atoms with Gasteiger partial charge in [-0.15, -0.1) is 0 Å². The summed E-state index contributed by atoms with van der Waals surface area (Å²) in [5, 5.41) is 3.04. The molecule has 1 N–H and O–H groups in total. The van der Waals surface area contributed by atoms with Gasteiger partial charge in [-0.3, -0.25) is 18.7 Å². The van der Waals surface area contributed by atoms with E-state index in [9.17, 15) is 14.4 Å². The largest absolute Gasteiger partial charge is 0.356 e. The number of benzene rings is 1. The van der Waals surface area contributed by atoms with E-state index in [1.165, 1.54) is 14.7 Å². The maximum absolute atomic E-state index is 12.7. The zero-order chi connectivity index (χ0) is 25.8. The first-order valence-corrected chi connectivity index (χ1v) is 13.4. The van der Waals surface area contributed by atoms with Crippen molar-refractivity contribution in [1.29, 1.82) is 0 Å². The number of carbonyl (C=O) groups is 1. The number of rotatable bonds is 16. The number of fused-ring (bicyclic) bond motifs is 1. The minimum Gasteiger partial charge on any atom is -0.356 e. The van der Waals surface area contributed by atoms with Crippen LogP contribution in [0.25, 0.3) is 11.2 Å². The second-order valence-corrected chi connectivity index (χ2v) is 9.70. The summed E-state index contributed by atoms with van der Waals surface area (Å²) < 4.78 is 4.45. The number of aryl methyl sites for hydroxylation is 3. The van der Waals surface area contributed by atoms with Crippen LogP contribution in [0.1, 0.15) is 76.2 Å². The number of imidazole rings is 1. The lowest BCUT2D eigenvalue weighted by Gasteiger charge is -2.08. The van der Waals surface area contributed by atoms with Gasteiger partial charge in [-0.05, 0) is 37.7 Å². The van der Waals surface area contributed by atoms with Crippen molar-refractivity contribution in [2.24, 2.45) is 14.1 Å². The molecule has 36 heavy (non-hydrogen) atoms.